The molecule has 0 bridgehead atoms. The Morgan fingerprint density at radius 2 is 1.73 bits per heavy atom. The lowest BCUT2D eigenvalue weighted by atomic mass is 10.2. The molecule has 1 heterocycles. The summed E-state index contributed by atoms with van der Waals surface area (Å²) in [5.74, 6) is 0. The van der Waals surface area contributed by atoms with Crippen molar-refractivity contribution < 1.29 is 5.11 Å². The topological polar surface area (TPSA) is 35.5 Å². The molecule has 0 radical (unpaired) electrons. The standard InChI is InChI=1S/C12H26N2O/c1-11(2)13-9-12(15)10-14-7-5-3-4-6-8-14/h11-13,15H,3-10H2,1-2H3. The molecule has 1 aliphatic rings. The highest BCUT2D eigenvalue weighted by atomic mass is 16.3. The summed E-state index contributed by atoms with van der Waals surface area (Å²) in [6.07, 6.45) is 5.09. The highest BCUT2D eigenvalue weighted by Gasteiger charge is 2.13. The van der Waals surface area contributed by atoms with Crippen LogP contribution in [0.4, 0.5) is 0 Å². The third-order valence-corrected chi connectivity index (χ3v) is 2.93. The molecule has 3 heteroatoms. The number of hydrogen-bond donors (Lipinski definition) is 2. The number of rotatable bonds is 5. The van der Waals surface area contributed by atoms with E-state index in [0.717, 1.165) is 6.54 Å². The first-order valence-electron chi connectivity index (χ1n) is 6.32. The van der Waals surface area contributed by atoms with Crippen LogP contribution in [-0.4, -0.2) is 48.3 Å². The van der Waals surface area contributed by atoms with Gasteiger partial charge in [-0.2, -0.15) is 0 Å². The molecule has 0 aromatic heterocycles. The van der Waals surface area contributed by atoms with Crippen molar-refractivity contribution in [1.29, 1.82) is 0 Å². The fourth-order valence-corrected chi connectivity index (χ4v) is 2.05. The smallest absolute Gasteiger partial charge is 0.0791 e. The molecular weight excluding hydrogens is 188 g/mol. The van der Waals surface area contributed by atoms with Crippen molar-refractivity contribution in [2.45, 2.75) is 51.7 Å². The maximum absolute atomic E-state index is 9.84. The summed E-state index contributed by atoms with van der Waals surface area (Å²) in [7, 11) is 0. The van der Waals surface area contributed by atoms with Gasteiger partial charge in [-0.1, -0.05) is 26.7 Å². The van der Waals surface area contributed by atoms with Gasteiger partial charge in [0.05, 0.1) is 6.10 Å². The molecule has 1 rings (SSSR count). The van der Waals surface area contributed by atoms with Crippen molar-refractivity contribution in [3.05, 3.63) is 0 Å². The molecule has 3 nitrogen and oxygen atoms in total. The Balaban J connectivity index is 2.14. The largest absolute Gasteiger partial charge is 0.390 e. The van der Waals surface area contributed by atoms with E-state index in [2.05, 4.69) is 24.1 Å². The predicted molar refractivity (Wildman–Crippen MR) is 64.1 cm³/mol. The minimum atomic E-state index is -0.217. The average Bonchev–Trinajstić information content (AvgIpc) is 2.43. The van der Waals surface area contributed by atoms with Gasteiger partial charge < -0.3 is 15.3 Å². The first-order chi connectivity index (χ1) is 7.18. The summed E-state index contributed by atoms with van der Waals surface area (Å²) in [4.78, 5) is 2.40. The van der Waals surface area contributed by atoms with E-state index in [1.54, 1.807) is 0 Å². The fraction of sp³-hybridized carbons (Fsp3) is 1.00. The van der Waals surface area contributed by atoms with E-state index in [4.69, 9.17) is 0 Å². The van der Waals surface area contributed by atoms with Crippen LogP contribution in [0.3, 0.4) is 0 Å². The Labute approximate surface area is 93.9 Å². The van der Waals surface area contributed by atoms with E-state index in [-0.39, 0.29) is 6.10 Å². The second kappa shape index (κ2) is 7.20. The first-order valence-corrected chi connectivity index (χ1v) is 6.32. The second-order valence-electron chi connectivity index (χ2n) is 4.93. The van der Waals surface area contributed by atoms with Crippen LogP contribution in [0.2, 0.25) is 0 Å². The zero-order chi connectivity index (χ0) is 11.1. The molecule has 1 saturated heterocycles. The number of likely N-dealkylation sites (tertiary alicyclic amines) is 1. The molecule has 1 fully saturated rings. The Morgan fingerprint density at radius 1 is 1.13 bits per heavy atom. The number of nitrogens with zero attached hydrogens (tertiary/aromatic N) is 1. The van der Waals surface area contributed by atoms with E-state index < -0.39 is 0 Å². The zero-order valence-corrected chi connectivity index (χ0v) is 10.2. The lowest BCUT2D eigenvalue weighted by Crippen LogP contribution is -2.40. The first kappa shape index (κ1) is 12.9. The van der Waals surface area contributed by atoms with Crippen LogP contribution in [0.5, 0.6) is 0 Å². The van der Waals surface area contributed by atoms with Crippen molar-refractivity contribution in [1.82, 2.24) is 10.2 Å². The number of aliphatic hydroxyl groups excluding tert-OH is 1. The van der Waals surface area contributed by atoms with Gasteiger partial charge in [0, 0.05) is 19.1 Å². The van der Waals surface area contributed by atoms with Crippen LogP contribution in [-0.2, 0) is 0 Å². The van der Waals surface area contributed by atoms with Gasteiger partial charge in [-0.25, -0.2) is 0 Å². The Hall–Kier alpha value is -0.120. The number of aliphatic hydroxyl groups is 1. The quantitative estimate of drug-likeness (QED) is 0.722. The monoisotopic (exact) mass is 214 g/mol. The van der Waals surface area contributed by atoms with Gasteiger partial charge in [-0.05, 0) is 25.9 Å². The fourth-order valence-electron chi connectivity index (χ4n) is 2.05. The van der Waals surface area contributed by atoms with Gasteiger partial charge in [0.1, 0.15) is 0 Å². The predicted octanol–water partition coefficient (Wildman–Crippen LogP) is 1.22. The molecule has 0 aromatic carbocycles. The Kier molecular flexibility index (Phi) is 6.22. The molecule has 2 N–H and O–H groups in total. The molecule has 0 aliphatic carbocycles. The van der Waals surface area contributed by atoms with Crippen molar-refractivity contribution in [3.8, 4) is 0 Å². The van der Waals surface area contributed by atoms with E-state index in [1.807, 2.05) is 0 Å². The van der Waals surface area contributed by atoms with Crippen LogP contribution in [0.1, 0.15) is 39.5 Å². The summed E-state index contributed by atoms with van der Waals surface area (Å²) in [6.45, 7) is 8.10. The third-order valence-electron chi connectivity index (χ3n) is 2.93. The molecule has 15 heavy (non-hydrogen) atoms. The van der Waals surface area contributed by atoms with Crippen LogP contribution in [0.25, 0.3) is 0 Å². The van der Waals surface area contributed by atoms with E-state index in [0.29, 0.717) is 12.6 Å². The molecule has 0 amide bonds. The average molecular weight is 214 g/mol. The SMILES string of the molecule is CC(C)NCC(O)CN1CCCCCC1. The third kappa shape index (κ3) is 6.13. The van der Waals surface area contributed by atoms with Crippen molar-refractivity contribution in [2.75, 3.05) is 26.2 Å². The van der Waals surface area contributed by atoms with Crippen LogP contribution >= 0.6 is 0 Å². The summed E-state index contributed by atoms with van der Waals surface area (Å²) in [5, 5.41) is 13.1. The minimum absolute atomic E-state index is 0.217. The molecule has 0 aromatic rings. The molecular formula is C12H26N2O. The van der Waals surface area contributed by atoms with Crippen molar-refractivity contribution in [3.63, 3.8) is 0 Å². The van der Waals surface area contributed by atoms with Crippen LogP contribution in [0, 0.1) is 0 Å². The van der Waals surface area contributed by atoms with Gasteiger partial charge in [0.15, 0.2) is 0 Å². The molecule has 0 spiro atoms. The number of β-amino-alcohol motifs (C(OH)–C–C–N with tert-alkyl or cyclic N) is 1. The molecule has 1 aliphatic heterocycles. The molecule has 1 unspecified atom stereocenters. The van der Waals surface area contributed by atoms with Crippen molar-refractivity contribution in [2.24, 2.45) is 0 Å². The van der Waals surface area contributed by atoms with Crippen molar-refractivity contribution >= 4 is 0 Å². The summed E-state index contributed by atoms with van der Waals surface area (Å²) in [6, 6.07) is 0.462. The minimum Gasteiger partial charge on any atom is -0.390 e. The van der Waals surface area contributed by atoms with E-state index in [1.165, 1.54) is 38.8 Å². The zero-order valence-electron chi connectivity index (χ0n) is 10.2. The Morgan fingerprint density at radius 3 is 2.27 bits per heavy atom. The second-order valence-corrected chi connectivity index (χ2v) is 4.93. The van der Waals surface area contributed by atoms with Gasteiger partial charge in [-0.3, -0.25) is 0 Å². The summed E-state index contributed by atoms with van der Waals surface area (Å²) >= 11 is 0. The molecule has 0 saturated carbocycles. The van der Waals surface area contributed by atoms with Gasteiger partial charge in [0.2, 0.25) is 0 Å². The normalized spacial score (nSPS) is 21.6. The lowest BCUT2D eigenvalue weighted by Gasteiger charge is -2.23. The number of nitrogens with one attached hydrogen (secondary N) is 1. The Bertz CT molecular complexity index is 154. The summed E-state index contributed by atoms with van der Waals surface area (Å²) in [5.41, 5.74) is 0. The lowest BCUT2D eigenvalue weighted by molar-refractivity contribution is 0.111. The van der Waals surface area contributed by atoms with Crippen LogP contribution < -0.4 is 5.32 Å². The van der Waals surface area contributed by atoms with E-state index >= 15 is 0 Å². The molecule has 1 atom stereocenters. The summed E-state index contributed by atoms with van der Waals surface area (Å²) < 4.78 is 0. The van der Waals surface area contributed by atoms with Gasteiger partial charge >= 0.3 is 0 Å². The van der Waals surface area contributed by atoms with Crippen LogP contribution in [0.15, 0.2) is 0 Å². The van der Waals surface area contributed by atoms with E-state index in [9.17, 15) is 5.11 Å². The number of hydrogen-bond acceptors (Lipinski definition) is 3. The maximum Gasteiger partial charge on any atom is 0.0791 e. The molecule has 90 valence electrons. The highest BCUT2D eigenvalue weighted by molar-refractivity contribution is 4.70. The highest BCUT2D eigenvalue weighted by Crippen LogP contribution is 2.09. The van der Waals surface area contributed by atoms with Gasteiger partial charge in [0.25, 0.3) is 0 Å². The van der Waals surface area contributed by atoms with Gasteiger partial charge in [-0.15, -0.1) is 0 Å². The maximum atomic E-state index is 9.84.